The van der Waals surface area contributed by atoms with Gasteiger partial charge < -0.3 is 10.3 Å². The number of carbonyl (C=O) groups is 1. The topological polar surface area (TPSA) is 57.8 Å². The summed E-state index contributed by atoms with van der Waals surface area (Å²) in [4.78, 5) is 21.0. The number of fused-ring (bicyclic) bond motifs is 1. The number of hydrogen-bond donors (Lipinski definition) is 2. The largest absolute Gasteiger partial charge is 0.354 e. The summed E-state index contributed by atoms with van der Waals surface area (Å²) >= 11 is 1.52. The molecule has 2 heterocycles. The van der Waals surface area contributed by atoms with E-state index in [0.29, 0.717) is 0 Å². The molecule has 0 aliphatic carbocycles. The molecule has 0 atom stereocenters. The van der Waals surface area contributed by atoms with E-state index in [1.807, 2.05) is 60.0 Å². The molecule has 0 fully saturated rings. The zero-order chi connectivity index (χ0) is 21.9. The molecule has 0 aliphatic rings. The first-order valence-corrected chi connectivity index (χ1v) is 11.6. The highest BCUT2D eigenvalue weighted by molar-refractivity contribution is 7.10. The quantitative estimate of drug-likeness (QED) is 0.310. The third-order valence-corrected chi connectivity index (χ3v) is 6.38. The molecule has 5 aromatic rings. The van der Waals surface area contributed by atoms with Gasteiger partial charge in [0.05, 0.1) is 17.8 Å². The standard InChI is InChI=1S/C27H23N3OS/c1-2-18-12-14-20(15-13-18)28-24(31)16-25-29-23(17-32-25)26-21-10-6-7-11-22(21)30-27(26)19-8-4-3-5-9-19/h3-15,17,30H,2,16H2,1H3,(H,28,31). The second kappa shape index (κ2) is 8.81. The summed E-state index contributed by atoms with van der Waals surface area (Å²) < 4.78 is 0. The van der Waals surface area contributed by atoms with E-state index in [4.69, 9.17) is 4.98 Å². The number of carbonyl (C=O) groups excluding carboxylic acids is 1. The molecule has 5 rings (SSSR count). The predicted octanol–water partition coefficient (Wildman–Crippen LogP) is 6.70. The molecule has 5 heteroatoms. The summed E-state index contributed by atoms with van der Waals surface area (Å²) in [6.07, 6.45) is 1.23. The maximum absolute atomic E-state index is 12.6. The molecule has 158 valence electrons. The molecule has 2 N–H and O–H groups in total. The van der Waals surface area contributed by atoms with Crippen LogP contribution >= 0.6 is 11.3 Å². The van der Waals surface area contributed by atoms with Crippen LogP contribution in [0.3, 0.4) is 0 Å². The van der Waals surface area contributed by atoms with E-state index in [2.05, 4.69) is 41.5 Å². The number of aromatic nitrogens is 2. The molecule has 32 heavy (non-hydrogen) atoms. The third-order valence-electron chi connectivity index (χ3n) is 5.53. The van der Waals surface area contributed by atoms with Crippen molar-refractivity contribution in [3.05, 3.63) is 94.8 Å². The highest BCUT2D eigenvalue weighted by Crippen LogP contribution is 2.38. The zero-order valence-corrected chi connectivity index (χ0v) is 18.6. The van der Waals surface area contributed by atoms with Gasteiger partial charge in [-0.1, -0.05) is 67.6 Å². The number of thiazole rings is 1. The Kier molecular flexibility index (Phi) is 5.57. The molecule has 0 spiro atoms. The lowest BCUT2D eigenvalue weighted by Gasteiger charge is -2.05. The molecule has 4 nitrogen and oxygen atoms in total. The number of benzene rings is 3. The molecule has 0 aliphatic heterocycles. The van der Waals surface area contributed by atoms with E-state index in [1.54, 1.807) is 0 Å². The minimum atomic E-state index is -0.0580. The Morgan fingerprint density at radius 1 is 0.969 bits per heavy atom. The van der Waals surface area contributed by atoms with Crippen LogP contribution in [0.2, 0.25) is 0 Å². The minimum absolute atomic E-state index is 0.0580. The van der Waals surface area contributed by atoms with Gasteiger partial charge in [-0.25, -0.2) is 4.98 Å². The number of anilines is 1. The Balaban J connectivity index is 1.42. The van der Waals surface area contributed by atoms with Crippen LogP contribution in [-0.4, -0.2) is 15.9 Å². The molecule has 1 amide bonds. The van der Waals surface area contributed by atoms with Gasteiger partial charge in [-0.05, 0) is 35.7 Å². The summed E-state index contributed by atoms with van der Waals surface area (Å²) in [6, 6.07) is 26.5. The summed E-state index contributed by atoms with van der Waals surface area (Å²) in [5.41, 5.74) is 7.26. The first-order valence-electron chi connectivity index (χ1n) is 10.7. The van der Waals surface area contributed by atoms with Crippen LogP contribution in [-0.2, 0) is 17.6 Å². The van der Waals surface area contributed by atoms with Crippen molar-refractivity contribution in [2.45, 2.75) is 19.8 Å². The number of para-hydroxylation sites is 1. The lowest BCUT2D eigenvalue weighted by atomic mass is 10.0. The Morgan fingerprint density at radius 2 is 1.72 bits per heavy atom. The number of aryl methyl sites for hydroxylation is 1. The summed E-state index contributed by atoms with van der Waals surface area (Å²) in [6.45, 7) is 2.12. The maximum atomic E-state index is 12.6. The van der Waals surface area contributed by atoms with E-state index >= 15 is 0 Å². The van der Waals surface area contributed by atoms with E-state index in [1.165, 1.54) is 16.9 Å². The van der Waals surface area contributed by atoms with Crippen molar-refractivity contribution in [2.75, 3.05) is 5.32 Å². The summed E-state index contributed by atoms with van der Waals surface area (Å²) in [5, 5.41) is 6.94. The van der Waals surface area contributed by atoms with E-state index in [0.717, 1.165) is 50.5 Å². The van der Waals surface area contributed by atoms with Crippen LogP contribution in [0, 0.1) is 0 Å². The number of nitrogens with one attached hydrogen (secondary N) is 2. The van der Waals surface area contributed by atoms with Crippen molar-refractivity contribution in [3.8, 4) is 22.5 Å². The van der Waals surface area contributed by atoms with Gasteiger partial charge in [0.2, 0.25) is 5.91 Å². The zero-order valence-electron chi connectivity index (χ0n) is 17.8. The average molecular weight is 438 g/mol. The van der Waals surface area contributed by atoms with Crippen molar-refractivity contribution < 1.29 is 4.79 Å². The summed E-state index contributed by atoms with van der Waals surface area (Å²) in [7, 11) is 0. The van der Waals surface area contributed by atoms with Crippen molar-refractivity contribution >= 4 is 33.8 Å². The van der Waals surface area contributed by atoms with Gasteiger partial charge >= 0.3 is 0 Å². The fourth-order valence-electron chi connectivity index (χ4n) is 3.90. The van der Waals surface area contributed by atoms with Gasteiger partial charge in [-0.3, -0.25) is 4.79 Å². The average Bonchev–Trinajstić information content (AvgIpc) is 3.44. The van der Waals surface area contributed by atoms with Crippen molar-refractivity contribution in [2.24, 2.45) is 0 Å². The molecule has 0 radical (unpaired) electrons. The molecule has 0 saturated carbocycles. The van der Waals surface area contributed by atoms with E-state index in [9.17, 15) is 4.79 Å². The van der Waals surface area contributed by atoms with E-state index in [-0.39, 0.29) is 12.3 Å². The van der Waals surface area contributed by atoms with Crippen LogP contribution in [0.5, 0.6) is 0 Å². The number of hydrogen-bond acceptors (Lipinski definition) is 3. The Hall–Kier alpha value is -3.70. The van der Waals surface area contributed by atoms with Crippen molar-refractivity contribution in [1.82, 2.24) is 9.97 Å². The van der Waals surface area contributed by atoms with Crippen LogP contribution in [0.25, 0.3) is 33.4 Å². The smallest absolute Gasteiger partial charge is 0.231 e. The molecule has 0 unspecified atom stereocenters. The Bertz CT molecular complexity index is 1370. The molecule has 0 bridgehead atoms. The monoisotopic (exact) mass is 437 g/mol. The van der Waals surface area contributed by atoms with Gasteiger partial charge in [0, 0.05) is 27.5 Å². The van der Waals surface area contributed by atoms with Crippen molar-refractivity contribution in [1.29, 1.82) is 0 Å². The lowest BCUT2D eigenvalue weighted by molar-refractivity contribution is -0.115. The normalized spacial score (nSPS) is 11.0. The second-order valence-electron chi connectivity index (χ2n) is 7.69. The third kappa shape index (κ3) is 4.07. The number of rotatable bonds is 6. The van der Waals surface area contributed by atoms with Gasteiger partial charge in [-0.2, -0.15) is 0 Å². The van der Waals surface area contributed by atoms with Crippen molar-refractivity contribution in [3.63, 3.8) is 0 Å². The van der Waals surface area contributed by atoms with Gasteiger partial charge in [0.25, 0.3) is 0 Å². The Morgan fingerprint density at radius 3 is 2.50 bits per heavy atom. The maximum Gasteiger partial charge on any atom is 0.231 e. The molecule has 2 aromatic heterocycles. The van der Waals surface area contributed by atoms with Crippen LogP contribution < -0.4 is 5.32 Å². The SMILES string of the molecule is CCc1ccc(NC(=O)Cc2nc(-c3c(-c4ccccc4)[nH]c4ccccc34)cs2)cc1. The number of amides is 1. The highest BCUT2D eigenvalue weighted by Gasteiger charge is 2.18. The highest BCUT2D eigenvalue weighted by atomic mass is 32.1. The molecule has 3 aromatic carbocycles. The van der Waals surface area contributed by atoms with Crippen LogP contribution in [0.4, 0.5) is 5.69 Å². The fourth-order valence-corrected chi connectivity index (χ4v) is 4.69. The van der Waals surface area contributed by atoms with E-state index < -0.39 is 0 Å². The first kappa shape index (κ1) is 20.2. The minimum Gasteiger partial charge on any atom is -0.354 e. The van der Waals surface area contributed by atoms with Gasteiger partial charge in [-0.15, -0.1) is 11.3 Å². The van der Waals surface area contributed by atoms with Gasteiger partial charge in [0.15, 0.2) is 0 Å². The number of H-pyrrole nitrogens is 1. The first-order chi connectivity index (χ1) is 15.7. The van der Waals surface area contributed by atoms with Gasteiger partial charge in [0.1, 0.15) is 5.01 Å². The molecule has 0 saturated heterocycles. The van der Waals surface area contributed by atoms with Crippen LogP contribution in [0.15, 0.2) is 84.2 Å². The Labute approximate surface area is 191 Å². The lowest BCUT2D eigenvalue weighted by Crippen LogP contribution is -2.14. The predicted molar refractivity (Wildman–Crippen MR) is 133 cm³/mol. The number of nitrogens with zero attached hydrogens (tertiary/aromatic N) is 1. The second-order valence-corrected chi connectivity index (χ2v) is 8.63. The number of aromatic amines is 1. The molecular weight excluding hydrogens is 414 g/mol. The summed E-state index contributed by atoms with van der Waals surface area (Å²) in [5.74, 6) is -0.0580. The molecular formula is C27H23N3OS. The fraction of sp³-hybridized carbons (Fsp3) is 0.111. The van der Waals surface area contributed by atoms with Crippen LogP contribution in [0.1, 0.15) is 17.5 Å².